The molecule has 0 atom stereocenters. The Morgan fingerprint density at radius 1 is 1.50 bits per heavy atom. The first-order valence-corrected chi connectivity index (χ1v) is 4.53. The van der Waals surface area contributed by atoms with Crippen LogP contribution >= 0.6 is 0 Å². The van der Waals surface area contributed by atoms with E-state index in [1.165, 1.54) is 19.2 Å². The van der Waals surface area contributed by atoms with E-state index in [9.17, 15) is 10.1 Å². The third-order valence-corrected chi connectivity index (χ3v) is 2.16. The Morgan fingerprint density at radius 3 is 2.88 bits per heavy atom. The van der Waals surface area contributed by atoms with E-state index < -0.39 is 4.92 Å². The predicted octanol–water partition coefficient (Wildman–Crippen LogP) is 1.79. The average Bonchev–Trinajstić information content (AvgIpc) is 2.81. The van der Waals surface area contributed by atoms with E-state index in [1.54, 1.807) is 29.4 Å². The third-order valence-electron chi connectivity index (χ3n) is 2.16. The minimum Gasteiger partial charge on any atom is -0.495 e. The number of hydrogen-bond donors (Lipinski definition) is 0. The van der Waals surface area contributed by atoms with Gasteiger partial charge in [-0.05, 0) is 6.07 Å². The molecule has 0 radical (unpaired) electrons. The summed E-state index contributed by atoms with van der Waals surface area (Å²) in [6.45, 7) is 0. The van der Waals surface area contributed by atoms with Crippen molar-refractivity contribution in [2.24, 2.45) is 0 Å². The summed E-state index contributed by atoms with van der Waals surface area (Å²) in [4.78, 5) is 14.1. The maximum absolute atomic E-state index is 10.7. The van der Waals surface area contributed by atoms with E-state index in [1.807, 2.05) is 0 Å². The SMILES string of the molecule is COc1ccc([N+](=O)[O-])cc1-n1ccnc1. The highest BCUT2D eigenvalue weighted by atomic mass is 16.6. The van der Waals surface area contributed by atoms with E-state index in [-0.39, 0.29) is 5.69 Å². The first-order valence-electron chi connectivity index (χ1n) is 4.53. The van der Waals surface area contributed by atoms with Crippen molar-refractivity contribution in [2.75, 3.05) is 7.11 Å². The Bertz CT molecular complexity index is 508. The van der Waals surface area contributed by atoms with Crippen molar-refractivity contribution in [2.45, 2.75) is 0 Å². The maximum Gasteiger partial charge on any atom is 0.271 e. The largest absolute Gasteiger partial charge is 0.495 e. The fourth-order valence-electron chi connectivity index (χ4n) is 1.40. The Hall–Kier alpha value is -2.37. The molecule has 0 unspecified atom stereocenters. The number of non-ortho nitro benzene ring substituents is 1. The molecule has 6 heteroatoms. The van der Waals surface area contributed by atoms with Crippen molar-refractivity contribution in [3.63, 3.8) is 0 Å². The summed E-state index contributed by atoms with van der Waals surface area (Å²) in [7, 11) is 1.52. The quantitative estimate of drug-likeness (QED) is 0.582. The lowest BCUT2D eigenvalue weighted by Crippen LogP contribution is -1.97. The summed E-state index contributed by atoms with van der Waals surface area (Å²) in [5.74, 6) is 0.559. The van der Waals surface area contributed by atoms with Gasteiger partial charge in [-0.2, -0.15) is 0 Å². The average molecular weight is 219 g/mol. The first kappa shape index (κ1) is 10.2. The van der Waals surface area contributed by atoms with Crippen molar-refractivity contribution in [3.8, 4) is 11.4 Å². The molecule has 0 spiro atoms. The van der Waals surface area contributed by atoms with Crippen LogP contribution in [0.5, 0.6) is 5.75 Å². The molecule has 0 aliphatic heterocycles. The van der Waals surface area contributed by atoms with Gasteiger partial charge in [-0.15, -0.1) is 0 Å². The number of aromatic nitrogens is 2. The van der Waals surface area contributed by atoms with Gasteiger partial charge in [0.1, 0.15) is 5.75 Å². The molecule has 0 aliphatic rings. The topological polar surface area (TPSA) is 70.2 Å². The lowest BCUT2D eigenvalue weighted by Gasteiger charge is -2.08. The number of rotatable bonds is 3. The Morgan fingerprint density at radius 2 is 2.31 bits per heavy atom. The van der Waals surface area contributed by atoms with Crippen LogP contribution in [0, 0.1) is 10.1 Å². The summed E-state index contributed by atoms with van der Waals surface area (Å²) < 4.78 is 6.79. The lowest BCUT2D eigenvalue weighted by molar-refractivity contribution is -0.384. The molecule has 2 rings (SSSR count). The smallest absolute Gasteiger partial charge is 0.271 e. The molecular formula is C10H9N3O3. The van der Waals surface area contributed by atoms with Gasteiger partial charge in [0.2, 0.25) is 0 Å². The van der Waals surface area contributed by atoms with Gasteiger partial charge >= 0.3 is 0 Å². The number of benzene rings is 1. The van der Waals surface area contributed by atoms with Gasteiger partial charge < -0.3 is 9.30 Å². The number of nitrogens with zero attached hydrogens (tertiary/aromatic N) is 3. The van der Waals surface area contributed by atoms with Gasteiger partial charge in [-0.3, -0.25) is 10.1 Å². The highest BCUT2D eigenvalue weighted by molar-refractivity contribution is 5.53. The fraction of sp³-hybridized carbons (Fsp3) is 0.100. The van der Waals surface area contributed by atoms with Crippen LogP contribution in [0.4, 0.5) is 5.69 Å². The molecule has 0 saturated heterocycles. The highest BCUT2D eigenvalue weighted by Crippen LogP contribution is 2.27. The van der Waals surface area contributed by atoms with Crippen molar-refractivity contribution < 1.29 is 9.66 Å². The summed E-state index contributed by atoms with van der Waals surface area (Å²) in [5.41, 5.74) is 0.610. The maximum atomic E-state index is 10.7. The fourth-order valence-corrected chi connectivity index (χ4v) is 1.40. The van der Waals surface area contributed by atoms with Gasteiger partial charge in [-0.1, -0.05) is 0 Å². The molecule has 0 amide bonds. The zero-order valence-electron chi connectivity index (χ0n) is 8.53. The second kappa shape index (κ2) is 4.01. The van der Waals surface area contributed by atoms with Crippen LogP contribution in [0.15, 0.2) is 36.9 Å². The monoisotopic (exact) mass is 219 g/mol. The number of nitro benzene ring substituents is 1. The number of ether oxygens (including phenoxy) is 1. The van der Waals surface area contributed by atoms with Gasteiger partial charge in [0.25, 0.3) is 5.69 Å². The predicted molar refractivity (Wildman–Crippen MR) is 56.8 cm³/mol. The molecule has 6 nitrogen and oxygen atoms in total. The normalized spacial score (nSPS) is 10.1. The molecule has 0 N–H and O–H groups in total. The van der Waals surface area contributed by atoms with Crippen molar-refractivity contribution in [1.82, 2.24) is 9.55 Å². The minimum absolute atomic E-state index is 0.0181. The number of nitro groups is 1. The zero-order chi connectivity index (χ0) is 11.5. The van der Waals surface area contributed by atoms with Gasteiger partial charge in [0, 0.05) is 24.5 Å². The molecule has 0 saturated carbocycles. The molecule has 1 heterocycles. The molecule has 0 aliphatic carbocycles. The second-order valence-corrected chi connectivity index (χ2v) is 3.08. The number of imidazole rings is 1. The molecule has 0 bridgehead atoms. The Labute approximate surface area is 91.3 Å². The molecule has 2 aromatic rings. The van der Waals surface area contributed by atoms with Gasteiger partial charge in [0.05, 0.1) is 24.0 Å². The Balaban J connectivity index is 2.56. The van der Waals surface area contributed by atoms with E-state index in [4.69, 9.17) is 4.74 Å². The van der Waals surface area contributed by atoms with E-state index >= 15 is 0 Å². The third kappa shape index (κ3) is 1.72. The molecule has 1 aromatic heterocycles. The van der Waals surface area contributed by atoms with E-state index in [0.717, 1.165) is 0 Å². The van der Waals surface area contributed by atoms with Crippen LogP contribution in [0.25, 0.3) is 5.69 Å². The second-order valence-electron chi connectivity index (χ2n) is 3.08. The summed E-state index contributed by atoms with van der Waals surface area (Å²) in [5, 5.41) is 10.7. The van der Waals surface area contributed by atoms with Crippen LogP contribution in [-0.2, 0) is 0 Å². The summed E-state index contributed by atoms with van der Waals surface area (Å²) in [6, 6.07) is 4.41. The van der Waals surface area contributed by atoms with Crippen LogP contribution in [0.1, 0.15) is 0 Å². The molecule has 1 aromatic carbocycles. The number of methoxy groups -OCH3 is 1. The van der Waals surface area contributed by atoms with E-state index in [2.05, 4.69) is 4.98 Å². The van der Waals surface area contributed by atoms with Crippen molar-refractivity contribution in [3.05, 3.63) is 47.0 Å². The van der Waals surface area contributed by atoms with Crippen molar-refractivity contribution in [1.29, 1.82) is 0 Å². The summed E-state index contributed by atoms with van der Waals surface area (Å²) >= 11 is 0. The molecule has 16 heavy (non-hydrogen) atoms. The minimum atomic E-state index is -0.445. The number of hydrogen-bond acceptors (Lipinski definition) is 4. The van der Waals surface area contributed by atoms with Crippen LogP contribution in [-0.4, -0.2) is 21.6 Å². The van der Waals surface area contributed by atoms with Gasteiger partial charge in [-0.25, -0.2) is 4.98 Å². The van der Waals surface area contributed by atoms with Crippen LogP contribution in [0.2, 0.25) is 0 Å². The first-order chi connectivity index (χ1) is 7.72. The molecule has 0 fully saturated rings. The van der Waals surface area contributed by atoms with Crippen molar-refractivity contribution >= 4 is 5.69 Å². The lowest BCUT2D eigenvalue weighted by atomic mass is 10.2. The van der Waals surface area contributed by atoms with Crippen LogP contribution in [0.3, 0.4) is 0 Å². The van der Waals surface area contributed by atoms with Gasteiger partial charge in [0.15, 0.2) is 0 Å². The Kier molecular flexibility index (Phi) is 2.55. The zero-order valence-corrected chi connectivity index (χ0v) is 8.53. The summed E-state index contributed by atoms with van der Waals surface area (Å²) in [6.07, 6.45) is 4.85. The van der Waals surface area contributed by atoms with Crippen LogP contribution < -0.4 is 4.74 Å². The standard InChI is InChI=1S/C10H9N3O3/c1-16-10-3-2-8(13(14)15)6-9(10)12-5-4-11-7-12/h2-7H,1H3. The highest BCUT2D eigenvalue weighted by Gasteiger charge is 2.12. The van der Waals surface area contributed by atoms with E-state index in [0.29, 0.717) is 11.4 Å². The molecule has 82 valence electrons. The molecular weight excluding hydrogens is 210 g/mol.